The first-order valence-electron chi connectivity index (χ1n) is 10.5. The van der Waals surface area contributed by atoms with Gasteiger partial charge in [-0.3, -0.25) is 9.59 Å². The Bertz CT molecular complexity index is 1280. The van der Waals surface area contributed by atoms with E-state index >= 15 is 0 Å². The molecule has 3 N–H and O–H groups in total. The SMILES string of the molecule is O=C(CCc1nc2sc3c(c2c(=O)[nH]1)CCCC3)NCCc1c[nH]c2ccccc12. The van der Waals surface area contributed by atoms with Crippen molar-refractivity contribution in [1.29, 1.82) is 0 Å². The van der Waals surface area contributed by atoms with Crippen molar-refractivity contribution in [3.63, 3.8) is 0 Å². The molecule has 0 saturated carbocycles. The molecule has 0 atom stereocenters. The zero-order chi connectivity index (χ0) is 20.5. The quantitative estimate of drug-likeness (QED) is 0.445. The maximum absolute atomic E-state index is 12.6. The van der Waals surface area contributed by atoms with E-state index in [4.69, 9.17) is 0 Å². The molecule has 0 radical (unpaired) electrons. The van der Waals surface area contributed by atoms with Crippen LogP contribution in [0.1, 0.15) is 41.1 Å². The number of aromatic nitrogens is 3. The van der Waals surface area contributed by atoms with Crippen LogP contribution in [0.3, 0.4) is 0 Å². The molecule has 0 saturated heterocycles. The number of thiophene rings is 1. The molecular formula is C23H24N4O2S. The number of hydrogen-bond donors (Lipinski definition) is 3. The summed E-state index contributed by atoms with van der Waals surface area (Å²) in [4.78, 5) is 37.8. The number of benzene rings is 1. The molecule has 0 fully saturated rings. The fourth-order valence-electron chi connectivity index (χ4n) is 4.32. The number of carbonyl (C=O) groups is 1. The number of fused-ring (bicyclic) bond motifs is 4. The van der Waals surface area contributed by atoms with Crippen LogP contribution in [0.25, 0.3) is 21.1 Å². The van der Waals surface area contributed by atoms with Crippen LogP contribution in [0.15, 0.2) is 35.3 Å². The smallest absolute Gasteiger partial charge is 0.259 e. The molecule has 5 rings (SSSR count). The van der Waals surface area contributed by atoms with Crippen LogP contribution in [-0.2, 0) is 30.5 Å². The lowest BCUT2D eigenvalue weighted by Crippen LogP contribution is -2.26. The van der Waals surface area contributed by atoms with Crippen molar-refractivity contribution < 1.29 is 4.79 Å². The van der Waals surface area contributed by atoms with Gasteiger partial charge in [0.15, 0.2) is 0 Å². The number of nitrogens with one attached hydrogen (secondary N) is 3. The van der Waals surface area contributed by atoms with E-state index in [0.29, 0.717) is 25.2 Å². The van der Waals surface area contributed by atoms with E-state index in [1.165, 1.54) is 27.8 Å². The van der Waals surface area contributed by atoms with Crippen molar-refractivity contribution in [3.8, 4) is 0 Å². The van der Waals surface area contributed by atoms with Crippen LogP contribution < -0.4 is 10.9 Å². The van der Waals surface area contributed by atoms with Gasteiger partial charge in [0.25, 0.3) is 5.56 Å². The minimum absolute atomic E-state index is 0.0249. The van der Waals surface area contributed by atoms with Crippen molar-refractivity contribution >= 4 is 38.4 Å². The first-order valence-corrected chi connectivity index (χ1v) is 11.4. The number of para-hydroxylation sites is 1. The van der Waals surface area contributed by atoms with Crippen LogP contribution >= 0.6 is 11.3 Å². The number of amides is 1. The molecule has 1 amide bonds. The lowest BCUT2D eigenvalue weighted by Gasteiger charge is -2.09. The highest BCUT2D eigenvalue weighted by molar-refractivity contribution is 7.18. The van der Waals surface area contributed by atoms with Crippen LogP contribution in [0, 0.1) is 0 Å². The van der Waals surface area contributed by atoms with Crippen molar-refractivity contribution in [2.45, 2.75) is 44.9 Å². The highest BCUT2D eigenvalue weighted by Gasteiger charge is 2.19. The fourth-order valence-corrected chi connectivity index (χ4v) is 5.60. The van der Waals surface area contributed by atoms with Gasteiger partial charge in [0.2, 0.25) is 5.91 Å². The van der Waals surface area contributed by atoms with E-state index in [1.807, 2.05) is 24.4 Å². The van der Waals surface area contributed by atoms with E-state index < -0.39 is 0 Å². The molecule has 4 aromatic rings. The summed E-state index contributed by atoms with van der Waals surface area (Å²) in [6.07, 6.45) is 7.86. The van der Waals surface area contributed by atoms with Gasteiger partial charge in [0.05, 0.1) is 5.39 Å². The van der Waals surface area contributed by atoms with Gasteiger partial charge in [0.1, 0.15) is 10.7 Å². The Hall–Kier alpha value is -2.93. The second kappa shape index (κ2) is 8.07. The summed E-state index contributed by atoms with van der Waals surface area (Å²) in [5.74, 6) is 0.570. The molecule has 1 aliphatic carbocycles. The normalized spacial score (nSPS) is 13.6. The molecule has 30 heavy (non-hydrogen) atoms. The Morgan fingerprint density at radius 3 is 2.97 bits per heavy atom. The lowest BCUT2D eigenvalue weighted by atomic mass is 9.97. The van der Waals surface area contributed by atoms with E-state index in [9.17, 15) is 9.59 Å². The summed E-state index contributed by atoms with van der Waals surface area (Å²) in [5, 5.41) is 4.94. The third-order valence-corrected chi connectivity index (χ3v) is 7.04. The summed E-state index contributed by atoms with van der Waals surface area (Å²) in [6, 6.07) is 8.16. The predicted octanol–water partition coefficient (Wildman–Crippen LogP) is 3.64. The zero-order valence-corrected chi connectivity index (χ0v) is 17.5. The molecule has 3 aromatic heterocycles. The molecule has 154 valence electrons. The van der Waals surface area contributed by atoms with Gasteiger partial charge >= 0.3 is 0 Å². The topological polar surface area (TPSA) is 90.6 Å². The Labute approximate surface area is 177 Å². The number of aryl methyl sites for hydroxylation is 3. The molecule has 6 nitrogen and oxygen atoms in total. The molecule has 7 heteroatoms. The third-order valence-electron chi connectivity index (χ3n) is 5.85. The maximum atomic E-state index is 12.6. The monoisotopic (exact) mass is 420 g/mol. The van der Waals surface area contributed by atoms with Gasteiger partial charge in [-0.1, -0.05) is 18.2 Å². The van der Waals surface area contributed by atoms with Gasteiger partial charge in [-0.25, -0.2) is 4.98 Å². The Morgan fingerprint density at radius 1 is 1.17 bits per heavy atom. The van der Waals surface area contributed by atoms with Crippen molar-refractivity contribution in [3.05, 3.63) is 62.6 Å². The second-order valence-electron chi connectivity index (χ2n) is 7.86. The maximum Gasteiger partial charge on any atom is 0.259 e. The number of carbonyl (C=O) groups excluding carboxylic acids is 1. The van der Waals surface area contributed by atoms with Gasteiger partial charge in [-0.05, 0) is 49.3 Å². The van der Waals surface area contributed by atoms with Crippen LogP contribution in [0.4, 0.5) is 0 Å². The minimum atomic E-state index is -0.0610. The van der Waals surface area contributed by atoms with Crippen LogP contribution in [0.2, 0.25) is 0 Å². The summed E-state index contributed by atoms with van der Waals surface area (Å²) in [7, 11) is 0. The Morgan fingerprint density at radius 2 is 2.03 bits per heavy atom. The van der Waals surface area contributed by atoms with E-state index in [1.54, 1.807) is 11.3 Å². The van der Waals surface area contributed by atoms with Gasteiger partial charge < -0.3 is 15.3 Å². The average Bonchev–Trinajstić information content (AvgIpc) is 3.34. The van der Waals surface area contributed by atoms with Gasteiger partial charge in [-0.15, -0.1) is 11.3 Å². The fraction of sp³-hybridized carbons (Fsp3) is 0.348. The summed E-state index contributed by atoms with van der Waals surface area (Å²) in [5.41, 5.74) is 3.44. The van der Waals surface area contributed by atoms with E-state index in [2.05, 4.69) is 26.3 Å². The predicted molar refractivity (Wildman–Crippen MR) is 120 cm³/mol. The molecular weight excluding hydrogens is 396 g/mol. The highest BCUT2D eigenvalue weighted by Crippen LogP contribution is 2.33. The molecule has 1 aromatic carbocycles. The highest BCUT2D eigenvalue weighted by atomic mass is 32.1. The summed E-state index contributed by atoms with van der Waals surface area (Å²) in [6.45, 7) is 0.585. The summed E-state index contributed by atoms with van der Waals surface area (Å²) < 4.78 is 0. The second-order valence-corrected chi connectivity index (χ2v) is 8.95. The number of H-pyrrole nitrogens is 2. The first kappa shape index (κ1) is 19.1. The van der Waals surface area contributed by atoms with Crippen molar-refractivity contribution in [2.24, 2.45) is 0 Å². The molecule has 0 bridgehead atoms. The largest absolute Gasteiger partial charge is 0.361 e. The standard InChI is InChI=1S/C23H24N4O2S/c28-20(24-12-11-14-13-25-17-7-3-1-5-15(14)17)10-9-19-26-22(29)21-16-6-2-4-8-18(16)30-23(21)27-19/h1,3,5,7,13,25H,2,4,6,8-12H2,(H,24,28)(H,26,27,29). The van der Waals surface area contributed by atoms with Crippen molar-refractivity contribution in [1.82, 2.24) is 20.3 Å². The number of rotatable bonds is 6. The minimum Gasteiger partial charge on any atom is -0.361 e. The van der Waals surface area contributed by atoms with Gasteiger partial charge in [0, 0.05) is 41.4 Å². The Kier molecular flexibility index (Phi) is 5.12. The molecule has 3 heterocycles. The average molecular weight is 421 g/mol. The lowest BCUT2D eigenvalue weighted by molar-refractivity contribution is -0.121. The summed E-state index contributed by atoms with van der Waals surface area (Å²) >= 11 is 1.64. The molecule has 0 spiro atoms. The van der Waals surface area contributed by atoms with Crippen LogP contribution in [-0.4, -0.2) is 27.4 Å². The zero-order valence-electron chi connectivity index (χ0n) is 16.7. The van der Waals surface area contributed by atoms with Gasteiger partial charge in [-0.2, -0.15) is 0 Å². The number of nitrogens with zero attached hydrogens (tertiary/aromatic N) is 1. The molecule has 1 aliphatic rings. The van der Waals surface area contributed by atoms with Crippen molar-refractivity contribution in [2.75, 3.05) is 6.54 Å². The third kappa shape index (κ3) is 3.65. The number of hydrogen-bond acceptors (Lipinski definition) is 4. The molecule has 0 unspecified atom stereocenters. The first-order chi connectivity index (χ1) is 14.7. The van der Waals surface area contributed by atoms with Crippen LogP contribution in [0.5, 0.6) is 0 Å². The Balaban J connectivity index is 1.19. The molecule has 0 aliphatic heterocycles. The number of aromatic amines is 2. The van der Waals surface area contributed by atoms with E-state index in [0.717, 1.165) is 41.4 Å². The van der Waals surface area contributed by atoms with E-state index in [-0.39, 0.29) is 11.5 Å².